The number of rotatable bonds is 1. The smallest absolute Gasteiger partial charge is 0.125 e. The standard InChI is InChI=1S/C7H5FI2O/c8-4-1-6(9)5(3-11)7(10)2-4/h1-2,11H,3H2. The normalized spacial score (nSPS) is 10.2. The molecule has 0 saturated carbocycles. The fourth-order valence-corrected chi connectivity index (χ4v) is 2.76. The monoisotopic (exact) mass is 378 g/mol. The molecule has 0 heterocycles. The van der Waals surface area contributed by atoms with E-state index < -0.39 is 0 Å². The fourth-order valence-electron chi connectivity index (χ4n) is 0.723. The number of hydrogen-bond donors (Lipinski definition) is 1. The van der Waals surface area contributed by atoms with Crippen LogP contribution in [-0.4, -0.2) is 5.11 Å². The summed E-state index contributed by atoms with van der Waals surface area (Å²) >= 11 is 4.01. The molecule has 1 rings (SSSR count). The SMILES string of the molecule is OCc1c(I)cc(F)cc1I. The Bertz CT molecular complexity index is 252. The van der Waals surface area contributed by atoms with Gasteiger partial charge in [-0.15, -0.1) is 0 Å². The van der Waals surface area contributed by atoms with Crippen LogP contribution in [0, 0.1) is 13.0 Å². The molecule has 11 heavy (non-hydrogen) atoms. The molecule has 1 N–H and O–H groups in total. The fraction of sp³-hybridized carbons (Fsp3) is 0.143. The molecule has 1 aromatic rings. The Kier molecular flexibility index (Phi) is 3.51. The lowest BCUT2D eigenvalue weighted by atomic mass is 10.2. The van der Waals surface area contributed by atoms with Crippen LogP contribution in [0.1, 0.15) is 5.56 Å². The van der Waals surface area contributed by atoms with Crippen molar-refractivity contribution in [2.45, 2.75) is 6.61 Å². The molecular weight excluding hydrogens is 373 g/mol. The summed E-state index contributed by atoms with van der Waals surface area (Å²) in [6.07, 6.45) is 0. The van der Waals surface area contributed by atoms with Gasteiger partial charge in [-0.1, -0.05) is 0 Å². The Morgan fingerprint density at radius 2 is 1.73 bits per heavy atom. The number of halogens is 3. The zero-order chi connectivity index (χ0) is 8.43. The molecule has 0 aromatic heterocycles. The van der Waals surface area contributed by atoms with Gasteiger partial charge in [0.1, 0.15) is 5.82 Å². The Morgan fingerprint density at radius 3 is 2.09 bits per heavy atom. The van der Waals surface area contributed by atoms with E-state index in [4.69, 9.17) is 5.11 Å². The molecule has 0 amide bonds. The first-order chi connectivity index (χ1) is 5.15. The van der Waals surface area contributed by atoms with Crippen LogP contribution < -0.4 is 0 Å². The van der Waals surface area contributed by atoms with Gasteiger partial charge in [-0.05, 0) is 57.3 Å². The highest BCUT2D eigenvalue weighted by atomic mass is 127. The van der Waals surface area contributed by atoms with Crippen molar-refractivity contribution in [2.24, 2.45) is 0 Å². The van der Waals surface area contributed by atoms with Gasteiger partial charge in [-0.2, -0.15) is 0 Å². The maximum absolute atomic E-state index is 12.7. The van der Waals surface area contributed by atoms with Crippen molar-refractivity contribution in [3.05, 3.63) is 30.7 Å². The van der Waals surface area contributed by atoms with Gasteiger partial charge in [0.05, 0.1) is 6.61 Å². The van der Waals surface area contributed by atoms with Crippen molar-refractivity contribution in [1.82, 2.24) is 0 Å². The molecule has 0 unspecified atom stereocenters. The van der Waals surface area contributed by atoms with Crippen molar-refractivity contribution in [1.29, 1.82) is 0 Å². The van der Waals surface area contributed by atoms with Crippen LogP contribution in [0.5, 0.6) is 0 Å². The van der Waals surface area contributed by atoms with Crippen LogP contribution in [0.3, 0.4) is 0 Å². The molecule has 0 fully saturated rings. The average molecular weight is 378 g/mol. The Labute approximate surface area is 91.3 Å². The molecule has 0 bridgehead atoms. The van der Waals surface area contributed by atoms with Gasteiger partial charge in [-0.25, -0.2) is 4.39 Å². The molecule has 60 valence electrons. The Morgan fingerprint density at radius 1 is 1.27 bits per heavy atom. The summed E-state index contributed by atoms with van der Waals surface area (Å²) in [4.78, 5) is 0. The summed E-state index contributed by atoms with van der Waals surface area (Å²) in [5.41, 5.74) is 0.799. The van der Waals surface area contributed by atoms with E-state index in [1.54, 1.807) is 0 Å². The summed E-state index contributed by atoms with van der Waals surface area (Å²) in [5.74, 6) is -0.254. The van der Waals surface area contributed by atoms with Gasteiger partial charge in [0.25, 0.3) is 0 Å². The molecule has 1 nitrogen and oxygen atoms in total. The lowest BCUT2D eigenvalue weighted by Gasteiger charge is -2.03. The highest BCUT2D eigenvalue weighted by molar-refractivity contribution is 14.1. The van der Waals surface area contributed by atoms with Crippen molar-refractivity contribution in [2.75, 3.05) is 0 Å². The molecule has 0 radical (unpaired) electrons. The predicted octanol–water partition coefficient (Wildman–Crippen LogP) is 2.53. The van der Waals surface area contributed by atoms with Crippen molar-refractivity contribution >= 4 is 45.2 Å². The third-order valence-electron chi connectivity index (χ3n) is 1.26. The molecule has 1 aromatic carbocycles. The highest BCUT2D eigenvalue weighted by Gasteiger charge is 2.05. The molecule has 0 spiro atoms. The summed E-state index contributed by atoms with van der Waals surface area (Å²) in [6, 6.07) is 2.82. The molecule has 4 heteroatoms. The van der Waals surface area contributed by atoms with E-state index in [1.165, 1.54) is 12.1 Å². The van der Waals surface area contributed by atoms with Crippen LogP contribution in [0.15, 0.2) is 12.1 Å². The topological polar surface area (TPSA) is 20.2 Å². The number of benzene rings is 1. The summed E-state index contributed by atoms with van der Waals surface area (Å²) in [5, 5.41) is 8.86. The number of aliphatic hydroxyl groups excluding tert-OH is 1. The third kappa shape index (κ3) is 2.25. The van der Waals surface area contributed by atoms with Crippen LogP contribution in [0.4, 0.5) is 4.39 Å². The maximum Gasteiger partial charge on any atom is 0.125 e. The number of hydrogen-bond acceptors (Lipinski definition) is 1. The van der Waals surface area contributed by atoms with Gasteiger partial charge in [-0.3, -0.25) is 0 Å². The summed E-state index contributed by atoms with van der Waals surface area (Å²) in [6.45, 7) is -0.0309. The molecule has 0 aliphatic carbocycles. The molecule has 0 atom stereocenters. The van der Waals surface area contributed by atoms with Gasteiger partial charge >= 0.3 is 0 Å². The molecule has 0 saturated heterocycles. The average Bonchev–Trinajstić information content (AvgIpc) is 1.85. The quantitative estimate of drug-likeness (QED) is 0.746. The van der Waals surface area contributed by atoms with Gasteiger partial charge < -0.3 is 5.11 Å². The molecule has 0 aliphatic rings. The van der Waals surface area contributed by atoms with E-state index in [9.17, 15) is 4.39 Å². The van der Waals surface area contributed by atoms with Crippen molar-refractivity contribution in [3.8, 4) is 0 Å². The second-order valence-electron chi connectivity index (χ2n) is 2.01. The van der Waals surface area contributed by atoms with Crippen LogP contribution in [0.25, 0.3) is 0 Å². The second kappa shape index (κ2) is 3.99. The van der Waals surface area contributed by atoms with E-state index in [0.29, 0.717) is 0 Å². The van der Waals surface area contributed by atoms with E-state index in [0.717, 1.165) is 12.7 Å². The Hall–Kier alpha value is 0.570. The minimum Gasteiger partial charge on any atom is -0.392 e. The largest absolute Gasteiger partial charge is 0.392 e. The van der Waals surface area contributed by atoms with E-state index >= 15 is 0 Å². The first kappa shape index (κ1) is 9.66. The number of aliphatic hydroxyl groups is 1. The summed E-state index contributed by atoms with van der Waals surface area (Å²) < 4.78 is 14.2. The van der Waals surface area contributed by atoms with Crippen LogP contribution in [-0.2, 0) is 6.61 Å². The van der Waals surface area contributed by atoms with Crippen LogP contribution >= 0.6 is 45.2 Å². The maximum atomic E-state index is 12.7. The first-order valence-electron chi connectivity index (χ1n) is 2.89. The third-order valence-corrected chi connectivity index (χ3v) is 3.19. The van der Waals surface area contributed by atoms with E-state index in [-0.39, 0.29) is 12.4 Å². The van der Waals surface area contributed by atoms with Crippen molar-refractivity contribution < 1.29 is 9.50 Å². The second-order valence-corrected chi connectivity index (χ2v) is 4.33. The molecular formula is C7H5FI2O. The van der Waals surface area contributed by atoms with Gasteiger partial charge in [0.2, 0.25) is 0 Å². The highest BCUT2D eigenvalue weighted by Crippen LogP contribution is 2.20. The Balaban J connectivity index is 3.25. The predicted molar refractivity (Wildman–Crippen MR) is 57.8 cm³/mol. The molecule has 0 aliphatic heterocycles. The minimum atomic E-state index is -0.254. The van der Waals surface area contributed by atoms with Crippen molar-refractivity contribution in [3.63, 3.8) is 0 Å². The minimum absolute atomic E-state index is 0.0309. The van der Waals surface area contributed by atoms with Gasteiger partial charge in [0, 0.05) is 12.7 Å². The lowest BCUT2D eigenvalue weighted by molar-refractivity contribution is 0.280. The summed E-state index contributed by atoms with van der Waals surface area (Å²) in [7, 11) is 0. The van der Waals surface area contributed by atoms with E-state index in [1.807, 2.05) is 45.2 Å². The zero-order valence-electron chi connectivity index (χ0n) is 5.44. The van der Waals surface area contributed by atoms with Gasteiger partial charge in [0.15, 0.2) is 0 Å². The zero-order valence-corrected chi connectivity index (χ0v) is 9.76. The first-order valence-corrected chi connectivity index (χ1v) is 5.05. The lowest BCUT2D eigenvalue weighted by Crippen LogP contribution is -1.94. The van der Waals surface area contributed by atoms with Crippen LogP contribution in [0.2, 0.25) is 0 Å². The van der Waals surface area contributed by atoms with E-state index in [2.05, 4.69) is 0 Å².